The maximum atomic E-state index is 12.9. The second-order valence-corrected chi connectivity index (χ2v) is 9.62. The Kier molecular flexibility index (Phi) is 3.26. The van der Waals surface area contributed by atoms with Crippen molar-refractivity contribution in [1.29, 1.82) is 0 Å². The smallest absolute Gasteiger partial charge is 0.174 e. The first-order chi connectivity index (χ1) is 13.9. The fourth-order valence-corrected chi connectivity index (χ4v) is 7.02. The Balaban J connectivity index is 1.55. The Morgan fingerprint density at radius 1 is 1.17 bits per heavy atom. The van der Waals surface area contributed by atoms with Gasteiger partial charge in [-0.15, -0.1) is 0 Å². The number of piperidine rings is 1. The molecule has 150 valence electrons. The molecular formula is C24H26NO4+. The Bertz CT molecular complexity index is 1040. The number of likely N-dealkylation sites (N-methyl/N-ethyl adjacent to an activating group) is 1. The van der Waals surface area contributed by atoms with Crippen LogP contribution >= 0.6 is 0 Å². The Hall–Kier alpha value is -2.37. The number of likely N-dealkylation sites (tertiary alicyclic amines) is 1. The van der Waals surface area contributed by atoms with Crippen molar-refractivity contribution in [1.82, 2.24) is 0 Å². The van der Waals surface area contributed by atoms with Crippen LogP contribution in [0.15, 0.2) is 42.5 Å². The Morgan fingerprint density at radius 2 is 1.97 bits per heavy atom. The molecule has 1 saturated carbocycles. The SMILES string of the molecule is C[N+]1(Cc2ccccc2)CC[C@]23c4c5ccc(O)c4O[C@H]2C(=O)CC[C@@]3(O)[C@H]1C5. The minimum atomic E-state index is -1.01. The summed E-state index contributed by atoms with van der Waals surface area (Å²) in [7, 11) is 2.25. The number of carbonyl (C=O) groups is 1. The van der Waals surface area contributed by atoms with Gasteiger partial charge >= 0.3 is 0 Å². The average molecular weight is 392 g/mol. The van der Waals surface area contributed by atoms with Crippen LogP contribution in [0.4, 0.5) is 0 Å². The number of carbonyl (C=O) groups excluding carboxylic acids is 1. The van der Waals surface area contributed by atoms with Gasteiger partial charge in [0, 0.05) is 30.4 Å². The normalized spacial score (nSPS) is 39.0. The highest BCUT2D eigenvalue weighted by atomic mass is 16.5. The van der Waals surface area contributed by atoms with Gasteiger partial charge in [0.1, 0.15) is 18.2 Å². The molecule has 2 aromatic rings. The number of nitrogens with zero attached hydrogens (tertiary/aromatic N) is 1. The molecule has 5 atom stereocenters. The van der Waals surface area contributed by atoms with Crippen molar-refractivity contribution in [3.05, 3.63) is 59.2 Å². The molecule has 2 bridgehead atoms. The molecule has 0 aromatic heterocycles. The molecule has 1 unspecified atom stereocenters. The van der Waals surface area contributed by atoms with Crippen LogP contribution in [-0.4, -0.2) is 51.8 Å². The molecule has 1 saturated heterocycles. The molecule has 2 heterocycles. The first-order valence-corrected chi connectivity index (χ1v) is 10.5. The Labute approximate surface area is 170 Å². The van der Waals surface area contributed by atoms with Gasteiger partial charge in [0.05, 0.1) is 19.0 Å². The third-order valence-electron chi connectivity index (χ3n) is 8.29. The van der Waals surface area contributed by atoms with Crippen LogP contribution in [0.3, 0.4) is 0 Å². The molecule has 2 aromatic carbocycles. The number of hydrogen-bond donors (Lipinski definition) is 2. The molecule has 5 nitrogen and oxygen atoms in total. The molecule has 2 fully saturated rings. The van der Waals surface area contributed by atoms with Gasteiger partial charge in [-0.05, 0) is 18.1 Å². The molecule has 29 heavy (non-hydrogen) atoms. The summed E-state index contributed by atoms with van der Waals surface area (Å²) >= 11 is 0. The number of aromatic hydroxyl groups is 1. The monoisotopic (exact) mass is 392 g/mol. The fourth-order valence-electron chi connectivity index (χ4n) is 7.02. The summed E-state index contributed by atoms with van der Waals surface area (Å²) in [4.78, 5) is 12.9. The summed E-state index contributed by atoms with van der Waals surface area (Å²) < 4.78 is 6.86. The number of ether oxygens (including phenoxy) is 1. The lowest BCUT2D eigenvalue weighted by Crippen LogP contribution is -2.80. The summed E-state index contributed by atoms with van der Waals surface area (Å²) in [5.41, 5.74) is 1.53. The van der Waals surface area contributed by atoms with Crippen LogP contribution in [0.2, 0.25) is 0 Å². The molecule has 5 heteroatoms. The van der Waals surface area contributed by atoms with Crippen molar-refractivity contribution in [2.45, 2.75) is 55.4 Å². The second-order valence-electron chi connectivity index (χ2n) is 9.62. The predicted octanol–water partition coefficient (Wildman–Crippen LogP) is 2.46. The number of benzene rings is 2. The number of aliphatic hydroxyl groups is 1. The van der Waals surface area contributed by atoms with Crippen molar-refractivity contribution in [3.8, 4) is 11.5 Å². The molecule has 6 rings (SSSR count). The van der Waals surface area contributed by atoms with Crippen LogP contribution < -0.4 is 4.74 Å². The lowest BCUT2D eigenvalue weighted by molar-refractivity contribution is -0.961. The van der Waals surface area contributed by atoms with E-state index in [1.165, 1.54) is 5.56 Å². The molecule has 4 aliphatic rings. The van der Waals surface area contributed by atoms with Crippen molar-refractivity contribution in [3.63, 3.8) is 0 Å². The molecule has 0 radical (unpaired) electrons. The van der Waals surface area contributed by atoms with E-state index in [4.69, 9.17) is 4.74 Å². The molecule has 0 amide bonds. The van der Waals surface area contributed by atoms with Crippen molar-refractivity contribution in [2.75, 3.05) is 13.6 Å². The van der Waals surface area contributed by atoms with Crippen LogP contribution in [-0.2, 0) is 23.2 Å². The van der Waals surface area contributed by atoms with Gasteiger partial charge in [-0.1, -0.05) is 36.4 Å². The highest BCUT2D eigenvalue weighted by Crippen LogP contribution is 2.65. The molecule has 2 aliphatic heterocycles. The number of Topliss-reactive ketones (excluding diaryl/α,β-unsaturated/α-hetero) is 1. The number of rotatable bonds is 2. The molecule has 1 spiro atoms. The lowest BCUT2D eigenvalue weighted by atomic mass is 9.48. The minimum absolute atomic E-state index is 0.0151. The quantitative estimate of drug-likeness (QED) is 0.771. The zero-order valence-electron chi connectivity index (χ0n) is 16.6. The predicted molar refractivity (Wildman–Crippen MR) is 107 cm³/mol. The van der Waals surface area contributed by atoms with Gasteiger partial charge in [0.2, 0.25) is 0 Å². The summed E-state index contributed by atoms with van der Waals surface area (Å²) in [6.07, 6.45) is 1.52. The topological polar surface area (TPSA) is 66.8 Å². The van der Waals surface area contributed by atoms with E-state index in [0.29, 0.717) is 25.0 Å². The summed E-state index contributed by atoms with van der Waals surface area (Å²) in [5.74, 6) is 0.558. The molecule has 2 aliphatic carbocycles. The average Bonchev–Trinajstić information content (AvgIpc) is 3.07. The maximum Gasteiger partial charge on any atom is 0.174 e. The molecule has 2 N–H and O–H groups in total. The number of phenols is 1. The van der Waals surface area contributed by atoms with E-state index in [-0.39, 0.29) is 17.6 Å². The van der Waals surface area contributed by atoms with E-state index in [2.05, 4.69) is 31.3 Å². The molecular weight excluding hydrogens is 366 g/mol. The lowest BCUT2D eigenvalue weighted by Gasteiger charge is -2.64. The van der Waals surface area contributed by atoms with Crippen LogP contribution in [0, 0.1) is 0 Å². The van der Waals surface area contributed by atoms with Crippen LogP contribution in [0.25, 0.3) is 0 Å². The van der Waals surface area contributed by atoms with Crippen molar-refractivity contribution in [2.24, 2.45) is 0 Å². The number of ketones is 1. The third kappa shape index (κ3) is 1.95. The number of phenolic OH excluding ortho intramolecular Hbond substituents is 1. The van der Waals surface area contributed by atoms with E-state index < -0.39 is 17.1 Å². The van der Waals surface area contributed by atoms with Gasteiger partial charge in [-0.25, -0.2) is 0 Å². The van der Waals surface area contributed by atoms with Gasteiger partial charge in [0.15, 0.2) is 23.4 Å². The fraction of sp³-hybridized carbons (Fsp3) is 0.458. The summed E-state index contributed by atoms with van der Waals surface area (Å²) in [6.45, 7) is 1.72. The van der Waals surface area contributed by atoms with Crippen molar-refractivity contribution >= 4 is 5.78 Å². The first kappa shape index (κ1) is 17.5. The summed E-state index contributed by atoms with van der Waals surface area (Å²) in [6, 6.07) is 14.1. The summed E-state index contributed by atoms with van der Waals surface area (Å²) in [5, 5.41) is 22.8. The van der Waals surface area contributed by atoms with Crippen molar-refractivity contribution < 1.29 is 24.2 Å². The zero-order valence-corrected chi connectivity index (χ0v) is 16.6. The van der Waals surface area contributed by atoms with Gasteiger partial charge in [-0.3, -0.25) is 4.79 Å². The van der Waals surface area contributed by atoms with E-state index in [1.807, 2.05) is 12.1 Å². The maximum absolute atomic E-state index is 12.9. The highest BCUT2D eigenvalue weighted by Gasteiger charge is 2.76. The van der Waals surface area contributed by atoms with E-state index in [9.17, 15) is 15.0 Å². The van der Waals surface area contributed by atoms with Gasteiger partial charge < -0.3 is 19.4 Å². The number of quaternary nitrogens is 1. The van der Waals surface area contributed by atoms with Gasteiger partial charge in [-0.2, -0.15) is 0 Å². The van der Waals surface area contributed by atoms with E-state index in [1.54, 1.807) is 6.07 Å². The van der Waals surface area contributed by atoms with Gasteiger partial charge in [0.25, 0.3) is 0 Å². The first-order valence-electron chi connectivity index (χ1n) is 10.5. The Morgan fingerprint density at radius 3 is 2.76 bits per heavy atom. The standard InChI is InChI=1S/C24H25NO4/c1-25(14-15-5-3-2-4-6-15)12-11-23-20-16-7-8-17(26)21(20)29-22(23)18(27)9-10-24(23,28)19(25)13-16/h2-8,19,22,28H,9-14H2,1H3/p+1/t19-,22+,23+,24-,25?/m1/s1. The third-order valence-corrected chi connectivity index (χ3v) is 8.29. The van der Waals surface area contributed by atoms with E-state index in [0.717, 1.165) is 35.1 Å². The van der Waals surface area contributed by atoms with E-state index >= 15 is 0 Å². The largest absolute Gasteiger partial charge is 0.504 e. The number of hydrogen-bond acceptors (Lipinski definition) is 4. The second kappa shape index (κ2) is 5.41. The minimum Gasteiger partial charge on any atom is -0.504 e. The van der Waals surface area contributed by atoms with Crippen LogP contribution in [0.1, 0.15) is 36.0 Å². The van der Waals surface area contributed by atoms with Crippen LogP contribution in [0.5, 0.6) is 11.5 Å². The zero-order chi connectivity index (χ0) is 20.0. The highest BCUT2D eigenvalue weighted by molar-refractivity contribution is 5.90.